The van der Waals surface area contributed by atoms with Crippen molar-refractivity contribution < 1.29 is 14.3 Å². The van der Waals surface area contributed by atoms with E-state index in [2.05, 4.69) is 30.9 Å². The van der Waals surface area contributed by atoms with Gasteiger partial charge in [-0.05, 0) is 31.4 Å². The number of ether oxygens (including phenoxy) is 1. The number of aryl methyl sites for hydroxylation is 1. The second-order valence-corrected chi connectivity index (χ2v) is 8.51. The number of rotatable bonds is 7. The summed E-state index contributed by atoms with van der Waals surface area (Å²) < 4.78 is 7.29. The first-order valence-corrected chi connectivity index (χ1v) is 11.5. The number of aromatic nitrogens is 5. The molecular formula is C23H27N9O3. The number of amides is 3. The number of carbonyl (C=O) groups excluding carboxylic acids is 2. The van der Waals surface area contributed by atoms with E-state index in [1.54, 1.807) is 36.1 Å². The molecular weight excluding hydrogens is 450 g/mol. The van der Waals surface area contributed by atoms with Gasteiger partial charge >= 0.3 is 6.03 Å². The predicted octanol–water partition coefficient (Wildman–Crippen LogP) is 2.18. The summed E-state index contributed by atoms with van der Waals surface area (Å²) in [5, 5.41) is 18.6. The number of hydrogen-bond donors (Lipinski definition) is 2. The van der Waals surface area contributed by atoms with Crippen molar-refractivity contribution in [1.82, 2.24) is 35.2 Å². The van der Waals surface area contributed by atoms with Crippen molar-refractivity contribution in [1.29, 1.82) is 0 Å². The molecule has 35 heavy (non-hydrogen) atoms. The van der Waals surface area contributed by atoms with Crippen LogP contribution in [0.25, 0.3) is 11.4 Å². The van der Waals surface area contributed by atoms with Crippen molar-refractivity contribution in [3.63, 3.8) is 0 Å². The van der Waals surface area contributed by atoms with Crippen LogP contribution in [0, 0.1) is 0 Å². The Hall–Kier alpha value is -4.22. The van der Waals surface area contributed by atoms with Crippen LogP contribution in [0.15, 0.2) is 30.6 Å². The summed E-state index contributed by atoms with van der Waals surface area (Å²) in [5.74, 6) is 0.991. The standard InChI is InChI=1S/C23H27N9O3/c1-24-22(33)19-17(12-18(27-28-19)32-11-10-31(23(32)34)14-6-4-7-14)26-16-9-5-8-15(20(16)35-3)21-25-13-30(2)29-21/h5,8-9,12-14H,4,6-7,10-11H2,1-3H3,(H,24,33)(H,26,27). The maximum absolute atomic E-state index is 13.0. The summed E-state index contributed by atoms with van der Waals surface area (Å²) in [7, 11) is 4.87. The van der Waals surface area contributed by atoms with Gasteiger partial charge in [0.15, 0.2) is 23.1 Å². The lowest BCUT2D eigenvalue weighted by molar-refractivity contribution is 0.0958. The fourth-order valence-corrected chi connectivity index (χ4v) is 4.34. The van der Waals surface area contributed by atoms with E-state index in [0.29, 0.717) is 53.5 Å². The van der Waals surface area contributed by atoms with Crippen molar-refractivity contribution in [3.8, 4) is 17.1 Å². The average Bonchev–Trinajstić information content (AvgIpc) is 3.43. The minimum Gasteiger partial charge on any atom is -0.494 e. The SMILES string of the molecule is CNC(=O)c1nnc(N2CCN(C3CCC3)C2=O)cc1Nc1cccc(-c2ncn(C)n2)c1OC. The van der Waals surface area contributed by atoms with Crippen LogP contribution in [0.4, 0.5) is 22.0 Å². The Balaban J connectivity index is 1.50. The number of nitrogens with one attached hydrogen (secondary N) is 2. The first-order valence-electron chi connectivity index (χ1n) is 11.5. The van der Waals surface area contributed by atoms with Crippen LogP contribution in [0.1, 0.15) is 29.8 Å². The van der Waals surface area contributed by atoms with Gasteiger partial charge in [-0.15, -0.1) is 10.2 Å². The van der Waals surface area contributed by atoms with Crippen molar-refractivity contribution in [2.24, 2.45) is 7.05 Å². The monoisotopic (exact) mass is 477 g/mol. The van der Waals surface area contributed by atoms with Crippen molar-refractivity contribution in [3.05, 3.63) is 36.3 Å². The van der Waals surface area contributed by atoms with E-state index in [0.717, 1.165) is 19.3 Å². The van der Waals surface area contributed by atoms with E-state index >= 15 is 0 Å². The maximum Gasteiger partial charge on any atom is 0.326 e. The summed E-state index contributed by atoms with van der Waals surface area (Å²) >= 11 is 0. The van der Waals surface area contributed by atoms with Crippen molar-refractivity contribution >= 4 is 29.1 Å². The molecule has 2 aromatic heterocycles. The molecule has 0 spiro atoms. The molecule has 0 unspecified atom stereocenters. The van der Waals surface area contributed by atoms with Gasteiger partial charge in [-0.2, -0.15) is 5.10 Å². The first kappa shape index (κ1) is 22.6. The van der Waals surface area contributed by atoms with Gasteiger partial charge in [0.05, 0.1) is 24.0 Å². The molecule has 5 rings (SSSR count). The second-order valence-electron chi connectivity index (χ2n) is 8.51. The Labute approximate surface area is 202 Å². The third-order valence-electron chi connectivity index (χ3n) is 6.39. The van der Waals surface area contributed by atoms with Crippen molar-refractivity contribution in [2.45, 2.75) is 25.3 Å². The molecule has 1 aliphatic heterocycles. The molecule has 0 atom stereocenters. The van der Waals surface area contributed by atoms with Gasteiger partial charge in [-0.3, -0.25) is 14.4 Å². The van der Waals surface area contributed by atoms with Crippen LogP contribution >= 0.6 is 0 Å². The quantitative estimate of drug-likeness (QED) is 0.530. The zero-order valence-corrected chi connectivity index (χ0v) is 19.9. The molecule has 2 fully saturated rings. The molecule has 0 bridgehead atoms. The van der Waals surface area contributed by atoms with Crippen LogP contribution in [0.2, 0.25) is 0 Å². The summed E-state index contributed by atoms with van der Waals surface area (Å²) in [5.41, 5.74) is 1.77. The largest absolute Gasteiger partial charge is 0.494 e. The fourth-order valence-electron chi connectivity index (χ4n) is 4.34. The Bertz CT molecular complexity index is 1270. The number of hydrogen-bond acceptors (Lipinski definition) is 8. The first-order chi connectivity index (χ1) is 17.0. The topological polar surface area (TPSA) is 130 Å². The Morgan fingerprint density at radius 1 is 1.17 bits per heavy atom. The van der Waals surface area contributed by atoms with E-state index in [4.69, 9.17) is 4.74 Å². The third-order valence-corrected chi connectivity index (χ3v) is 6.39. The number of methoxy groups -OCH3 is 1. The Kier molecular flexibility index (Phi) is 5.93. The Morgan fingerprint density at radius 2 is 2.00 bits per heavy atom. The third kappa shape index (κ3) is 4.11. The molecule has 3 heterocycles. The van der Waals surface area contributed by atoms with E-state index in [-0.39, 0.29) is 11.7 Å². The number of carbonyl (C=O) groups is 2. The summed E-state index contributed by atoms with van der Waals surface area (Å²) in [6.07, 6.45) is 4.83. The molecule has 182 valence electrons. The van der Waals surface area contributed by atoms with Crippen LogP contribution in [-0.2, 0) is 7.05 Å². The van der Waals surface area contributed by atoms with Crippen LogP contribution < -0.4 is 20.3 Å². The molecule has 12 nitrogen and oxygen atoms in total. The van der Waals surface area contributed by atoms with E-state index in [1.807, 2.05) is 23.1 Å². The lowest BCUT2D eigenvalue weighted by Crippen LogP contribution is -2.43. The number of nitrogens with zero attached hydrogens (tertiary/aromatic N) is 7. The molecule has 2 N–H and O–H groups in total. The van der Waals surface area contributed by atoms with Crippen molar-refractivity contribution in [2.75, 3.05) is 37.5 Å². The number of benzene rings is 1. The second kappa shape index (κ2) is 9.20. The van der Waals surface area contributed by atoms with E-state index in [1.165, 1.54) is 7.05 Å². The lowest BCUT2D eigenvalue weighted by Gasteiger charge is -2.34. The zero-order chi connectivity index (χ0) is 24.5. The molecule has 1 aromatic carbocycles. The van der Waals surface area contributed by atoms with E-state index < -0.39 is 5.91 Å². The Morgan fingerprint density at radius 3 is 2.66 bits per heavy atom. The number of urea groups is 1. The van der Waals surface area contributed by atoms with Gasteiger partial charge in [-0.1, -0.05) is 6.07 Å². The number of para-hydroxylation sites is 1. The smallest absolute Gasteiger partial charge is 0.326 e. The zero-order valence-electron chi connectivity index (χ0n) is 19.9. The average molecular weight is 478 g/mol. The highest BCUT2D eigenvalue weighted by Gasteiger charge is 2.38. The maximum atomic E-state index is 13.0. The molecule has 1 saturated carbocycles. The fraction of sp³-hybridized carbons (Fsp3) is 0.391. The van der Waals surface area contributed by atoms with Gasteiger partial charge in [0.1, 0.15) is 6.33 Å². The van der Waals surface area contributed by atoms with Crippen LogP contribution in [-0.4, -0.2) is 75.1 Å². The molecule has 2 aliphatic rings. The molecule has 12 heteroatoms. The number of anilines is 3. The highest BCUT2D eigenvalue weighted by molar-refractivity contribution is 6.00. The molecule has 3 aromatic rings. The van der Waals surface area contributed by atoms with Gasteiger partial charge < -0.3 is 20.3 Å². The predicted molar refractivity (Wildman–Crippen MR) is 129 cm³/mol. The van der Waals surface area contributed by atoms with Gasteiger partial charge in [0.25, 0.3) is 5.91 Å². The normalized spacial score (nSPS) is 15.8. The molecule has 1 saturated heterocycles. The highest BCUT2D eigenvalue weighted by Crippen LogP contribution is 2.37. The van der Waals surface area contributed by atoms with Crippen LogP contribution in [0.5, 0.6) is 5.75 Å². The van der Waals surface area contributed by atoms with Crippen LogP contribution in [0.3, 0.4) is 0 Å². The summed E-state index contributed by atoms with van der Waals surface area (Å²) in [6.45, 7) is 1.17. The summed E-state index contributed by atoms with van der Waals surface area (Å²) in [6, 6.07) is 7.40. The van der Waals surface area contributed by atoms with E-state index in [9.17, 15) is 9.59 Å². The molecule has 0 radical (unpaired) electrons. The van der Waals surface area contributed by atoms with Gasteiger partial charge in [0.2, 0.25) is 0 Å². The minimum absolute atomic E-state index is 0.0801. The highest BCUT2D eigenvalue weighted by atomic mass is 16.5. The molecule has 1 aliphatic carbocycles. The van der Waals surface area contributed by atoms with Gasteiger partial charge in [0, 0.05) is 39.3 Å². The lowest BCUT2D eigenvalue weighted by atomic mass is 9.92. The van der Waals surface area contributed by atoms with Gasteiger partial charge in [-0.25, -0.2) is 9.78 Å². The molecule has 3 amide bonds. The minimum atomic E-state index is -0.406. The summed E-state index contributed by atoms with van der Waals surface area (Å²) in [4.78, 5) is 33.4.